The van der Waals surface area contributed by atoms with Gasteiger partial charge in [-0.2, -0.15) is 0 Å². The summed E-state index contributed by atoms with van der Waals surface area (Å²) < 4.78 is 5.53. The van der Waals surface area contributed by atoms with Crippen LogP contribution in [0.1, 0.15) is 42.4 Å². The Hall–Kier alpha value is -1.84. The molecule has 0 unspecified atom stereocenters. The fraction of sp³-hybridized carbons (Fsp3) is 0.385. The lowest BCUT2D eigenvalue weighted by Crippen LogP contribution is -1.94. The van der Waals surface area contributed by atoms with Crippen molar-refractivity contribution in [2.45, 2.75) is 32.6 Å². The minimum Gasteiger partial charge on any atom is -0.478 e. The summed E-state index contributed by atoms with van der Waals surface area (Å²) >= 11 is 0. The standard InChI is InChI=1S/C13H15NO3/c1-2-3-4-5-12-14-10-7-6-9(13(15)16)8-11(10)17-12/h6-8H,2-5H2,1H3,(H,15,16). The lowest BCUT2D eigenvalue weighted by atomic mass is 10.2. The Morgan fingerprint density at radius 1 is 1.41 bits per heavy atom. The first-order valence-corrected chi connectivity index (χ1v) is 5.83. The molecule has 1 heterocycles. The Labute approximate surface area is 99.3 Å². The van der Waals surface area contributed by atoms with Crippen LogP contribution >= 0.6 is 0 Å². The Bertz CT molecular complexity index is 530. The second-order valence-corrected chi connectivity index (χ2v) is 4.05. The van der Waals surface area contributed by atoms with Gasteiger partial charge in [0.1, 0.15) is 5.52 Å². The minimum absolute atomic E-state index is 0.230. The number of aromatic carboxylic acids is 1. The summed E-state index contributed by atoms with van der Waals surface area (Å²) in [4.78, 5) is 15.1. The van der Waals surface area contributed by atoms with Gasteiger partial charge in [0.25, 0.3) is 0 Å². The highest BCUT2D eigenvalue weighted by Crippen LogP contribution is 2.18. The van der Waals surface area contributed by atoms with Gasteiger partial charge in [-0.1, -0.05) is 19.8 Å². The first-order valence-electron chi connectivity index (χ1n) is 5.83. The van der Waals surface area contributed by atoms with Crippen LogP contribution in [0.5, 0.6) is 0 Å². The quantitative estimate of drug-likeness (QED) is 0.805. The minimum atomic E-state index is -0.948. The molecule has 0 atom stereocenters. The number of nitrogens with zero attached hydrogens (tertiary/aromatic N) is 1. The van der Waals surface area contributed by atoms with E-state index in [2.05, 4.69) is 11.9 Å². The Balaban J connectivity index is 2.21. The molecule has 0 saturated carbocycles. The van der Waals surface area contributed by atoms with Crippen molar-refractivity contribution < 1.29 is 14.3 Å². The summed E-state index contributed by atoms with van der Waals surface area (Å²) in [6, 6.07) is 4.75. The lowest BCUT2D eigenvalue weighted by molar-refractivity contribution is 0.0697. The van der Waals surface area contributed by atoms with Crippen molar-refractivity contribution in [1.29, 1.82) is 0 Å². The molecule has 90 valence electrons. The maximum Gasteiger partial charge on any atom is 0.335 e. The van der Waals surface area contributed by atoms with E-state index in [-0.39, 0.29) is 5.56 Å². The molecule has 0 amide bonds. The highest BCUT2D eigenvalue weighted by Gasteiger charge is 2.09. The molecule has 1 N–H and O–H groups in total. The molecule has 17 heavy (non-hydrogen) atoms. The van der Waals surface area contributed by atoms with Crippen LogP contribution in [0.2, 0.25) is 0 Å². The van der Waals surface area contributed by atoms with Gasteiger partial charge in [0.15, 0.2) is 11.5 Å². The summed E-state index contributed by atoms with van der Waals surface area (Å²) in [6.07, 6.45) is 4.17. The fourth-order valence-electron chi connectivity index (χ4n) is 1.74. The number of aryl methyl sites for hydroxylation is 1. The number of hydrogen-bond donors (Lipinski definition) is 1. The fourth-order valence-corrected chi connectivity index (χ4v) is 1.74. The molecule has 0 spiro atoms. The van der Waals surface area contributed by atoms with Crippen molar-refractivity contribution in [2.75, 3.05) is 0 Å². The van der Waals surface area contributed by atoms with Crippen LogP contribution in [0, 0.1) is 0 Å². The molecule has 1 aromatic carbocycles. The molecule has 4 nitrogen and oxygen atoms in total. The number of oxazole rings is 1. The van der Waals surface area contributed by atoms with Gasteiger partial charge < -0.3 is 9.52 Å². The van der Waals surface area contributed by atoms with Crippen molar-refractivity contribution in [3.8, 4) is 0 Å². The SMILES string of the molecule is CCCCCc1nc2ccc(C(=O)O)cc2o1. The molecule has 0 aliphatic heterocycles. The van der Waals surface area contributed by atoms with Gasteiger partial charge in [0.05, 0.1) is 5.56 Å². The van der Waals surface area contributed by atoms with E-state index in [0.29, 0.717) is 11.5 Å². The Kier molecular flexibility index (Phi) is 3.42. The maximum atomic E-state index is 10.8. The number of aromatic nitrogens is 1. The van der Waals surface area contributed by atoms with Crippen LogP contribution in [-0.4, -0.2) is 16.1 Å². The van der Waals surface area contributed by atoms with Crippen molar-refractivity contribution in [3.05, 3.63) is 29.7 Å². The van der Waals surface area contributed by atoms with E-state index in [9.17, 15) is 4.79 Å². The van der Waals surface area contributed by atoms with Crippen LogP contribution < -0.4 is 0 Å². The molecule has 2 rings (SSSR count). The third kappa shape index (κ3) is 2.64. The topological polar surface area (TPSA) is 63.3 Å². The van der Waals surface area contributed by atoms with E-state index in [0.717, 1.165) is 31.2 Å². The zero-order chi connectivity index (χ0) is 12.3. The highest BCUT2D eigenvalue weighted by molar-refractivity contribution is 5.91. The molecular formula is C13H15NO3. The van der Waals surface area contributed by atoms with Gasteiger partial charge >= 0.3 is 5.97 Å². The smallest absolute Gasteiger partial charge is 0.335 e. The zero-order valence-electron chi connectivity index (χ0n) is 9.77. The van der Waals surface area contributed by atoms with E-state index < -0.39 is 5.97 Å². The largest absolute Gasteiger partial charge is 0.478 e. The molecule has 4 heteroatoms. The Morgan fingerprint density at radius 3 is 2.94 bits per heavy atom. The van der Waals surface area contributed by atoms with Crippen LogP contribution in [0.25, 0.3) is 11.1 Å². The summed E-state index contributed by atoms with van der Waals surface area (Å²) in [5.41, 5.74) is 1.51. The number of unbranched alkanes of at least 4 members (excludes halogenated alkanes) is 2. The van der Waals surface area contributed by atoms with E-state index >= 15 is 0 Å². The first kappa shape index (κ1) is 11.6. The number of fused-ring (bicyclic) bond motifs is 1. The van der Waals surface area contributed by atoms with Crippen molar-refractivity contribution in [1.82, 2.24) is 4.98 Å². The molecule has 1 aromatic heterocycles. The summed E-state index contributed by atoms with van der Waals surface area (Å²) in [6.45, 7) is 2.14. The van der Waals surface area contributed by atoms with E-state index in [4.69, 9.17) is 9.52 Å². The summed E-state index contributed by atoms with van der Waals surface area (Å²) in [5, 5.41) is 8.86. The predicted octanol–water partition coefficient (Wildman–Crippen LogP) is 3.26. The lowest BCUT2D eigenvalue weighted by Gasteiger charge is -1.92. The second-order valence-electron chi connectivity index (χ2n) is 4.05. The van der Waals surface area contributed by atoms with Gasteiger partial charge in [-0.05, 0) is 24.6 Å². The van der Waals surface area contributed by atoms with Crippen molar-refractivity contribution in [3.63, 3.8) is 0 Å². The summed E-state index contributed by atoms with van der Waals surface area (Å²) in [7, 11) is 0. The van der Waals surface area contributed by atoms with E-state index in [1.54, 1.807) is 12.1 Å². The van der Waals surface area contributed by atoms with Crippen molar-refractivity contribution >= 4 is 17.1 Å². The van der Waals surface area contributed by atoms with Gasteiger partial charge in [-0.3, -0.25) is 0 Å². The first-order chi connectivity index (χ1) is 8.20. The molecule has 0 bridgehead atoms. The average Bonchev–Trinajstić information content (AvgIpc) is 2.70. The predicted molar refractivity (Wildman–Crippen MR) is 64.2 cm³/mol. The van der Waals surface area contributed by atoms with Crippen molar-refractivity contribution in [2.24, 2.45) is 0 Å². The van der Waals surface area contributed by atoms with Crippen LogP contribution in [0.4, 0.5) is 0 Å². The summed E-state index contributed by atoms with van der Waals surface area (Å²) in [5.74, 6) is -0.258. The number of hydrogen-bond acceptors (Lipinski definition) is 3. The third-order valence-electron chi connectivity index (χ3n) is 2.67. The number of carboxylic acid groups (broad SMARTS) is 1. The maximum absolute atomic E-state index is 10.8. The van der Waals surface area contributed by atoms with Crippen LogP contribution in [0.15, 0.2) is 22.6 Å². The number of benzene rings is 1. The second kappa shape index (κ2) is 4.99. The number of carboxylic acids is 1. The third-order valence-corrected chi connectivity index (χ3v) is 2.67. The molecule has 0 radical (unpaired) electrons. The normalized spacial score (nSPS) is 10.9. The van der Waals surface area contributed by atoms with E-state index in [1.165, 1.54) is 6.07 Å². The molecule has 2 aromatic rings. The molecule has 0 fully saturated rings. The zero-order valence-corrected chi connectivity index (χ0v) is 9.77. The van der Waals surface area contributed by atoms with Gasteiger partial charge in [-0.25, -0.2) is 9.78 Å². The number of rotatable bonds is 5. The van der Waals surface area contributed by atoms with E-state index in [1.807, 2.05) is 0 Å². The van der Waals surface area contributed by atoms with Gasteiger partial charge in [0.2, 0.25) is 0 Å². The molecule has 0 aliphatic carbocycles. The Morgan fingerprint density at radius 2 is 2.24 bits per heavy atom. The molecule has 0 saturated heterocycles. The molecule has 0 aliphatic rings. The highest BCUT2D eigenvalue weighted by atomic mass is 16.4. The molecular weight excluding hydrogens is 218 g/mol. The van der Waals surface area contributed by atoms with Gasteiger partial charge in [-0.15, -0.1) is 0 Å². The van der Waals surface area contributed by atoms with Gasteiger partial charge in [0, 0.05) is 6.42 Å². The number of carbonyl (C=O) groups is 1. The average molecular weight is 233 g/mol. The monoisotopic (exact) mass is 233 g/mol. The van der Waals surface area contributed by atoms with Crippen LogP contribution in [0.3, 0.4) is 0 Å². The van der Waals surface area contributed by atoms with Crippen LogP contribution in [-0.2, 0) is 6.42 Å².